The second-order valence-electron chi connectivity index (χ2n) is 2.74. The third kappa shape index (κ3) is 2.00. The molecule has 0 unspecified atom stereocenters. The maximum Gasteiger partial charge on any atom is 0.171 e. The maximum atomic E-state index is 12.9. The predicted molar refractivity (Wildman–Crippen MR) is 56.4 cm³/mol. The van der Waals surface area contributed by atoms with Crippen LogP contribution in [0.4, 0.5) is 4.39 Å². The van der Waals surface area contributed by atoms with Gasteiger partial charge in [0, 0.05) is 4.47 Å². The molecule has 0 spiro atoms. The highest BCUT2D eigenvalue weighted by Crippen LogP contribution is 2.22. The summed E-state index contributed by atoms with van der Waals surface area (Å²) in [5.41, 5.74) is 0.650. The molecule has 0 saturated heterocycles. The van der Waals surface area contributed by atoms with Crippen molar-refractivity contribution in [2.24, 2.45) is 0 Å². The maximum absolute atomic E-state index is 12.9. The van der Waals surface area contributed by atoms with E-state index < -0.39 is 0 Å². The summed E-state index contributed by atoms with van der Waals surface area (Å²) in [5, 5.41) is 11.0. The largest absolute Gasteiger partial charge is 0.207 e. The number of hydrogen-bond donors (Lipinski definition) is 0. The Balaban J connectivity index is 2.54. The monoisotopic (exact) mass is 290 g/mol. The molecule has 0 atom stereocenters. The van der Waals surface area contributed by atoms with E-state index in [2.05, 4.69) is 31.5 Å². The lowest BCUT2D eigenvalue weighted by Crippen LogP contribution is -2.02. The molecular weight excluding hydrogens is 286 g/mol. The van der Waals surface area contributed by atoms with Crippen LogP contribution in [0.25, 0.3) is 5.69 Å². The van der Waals surface area contributed by atoms with Crippen LogP contribution >= 0.6 is 27.5 Å². The summed E-state index contributed by atoms with van der Waals surface area (Å²) in [6.45, 7) is 0. The van der Waals surface area contributed by atoms with Crippen molar-refractivity contribution in [2.75, 3.05) is 0 Å². The Morgan fingerprint density at radius 3 is 2.93 bits per heavy atom. The van der Waals surface area contributed by atoms with Gasteiger partial charge in [0.15, 0.2) is 5.82 Å². The Labute approximate surface area is 98.2 Å². The van der Waals surface area contributed by atoms with Crippen LogP contribution < -0.4 is 0 Å². The van der Waals surface area contributed by atoms with Crippen LogP contribution in [-0.4, -0.2) is 20.2 Å². The Morgan fingerprint density at radius 2 is 2.27 bits per heavy atom. The van der Waals surface area contributed by atoms with Crippen molar-refractivity contribution in [1.29, 1.82) is 0 Å². The first-order chi connectivity index (χ1) is 7.22. The average Bonchev–Trinajstić information content (AvgIpc) is 2.65. The van der Waals surface area contributed by atoms with E-state index in [4.69, 9.17) is 11.6 Å². The Bertz CT molecular complexity index is 487. The lowest BCUT2D eigenvalue weighted by Gasteiger charge is -2.04. The minimum absolute atomic E-state index is 0.191. The third-order valence-corrected chi connectivity index (χ3v) is 2.67. The Hall–Kier alpha value is -1.01. The van der Waals surface area contributed by atoms with Crippen LogP contribution in [-0.2, 0) is 5.88 Å². The summed E-state index contributed by atoms with van der Waals surface area (Å²) in [6.07, 6.45) is 0. The standard InChI is InChI=1S/C8H5BrClFN4/c9-6-3-5(11)1-2-7(6)15-8(4-10)12-13-14-15/h1-3H,4H2. The number of nitrogens with zero attached hydrogens (tertiary/aromatic N) is 4. The molecule has 0 amide bonds. The molecule has 0 N–H and O–H groups in total. The second-order valence-corrected chi connectivity index (χ2v) is 3.86. The van der Waals surface area contributed by atoms with Gasteiger partial charge in [-0.1, -0.05) is 0 Å². The SMILES string of the molecule is Fc1ccc(-n2nnnc2CCl)c(Br)c1. The second kappa shape index (κ2) is 4.24. The molecule has 0 fully saturated rings. The highest BCUT2D eigenvalue weighted by atomic mass is 79.9. The highest BCUT2D eigenvalue weighted by Gasteiger charge is 2.10. The van der Waals surface area contributed by atoms with Gasteiger partial charge in [-0.25, -0.2) is 4.39 Å². The van der Waals surface area contributed by atoms with Gasteiger partial charge in [-0.05, 0) is 44.6 Å². The number of halogens is 3. The number of rotatable bonds is 2. The lowest BCUT2D eigenvalue weighted by molar-refractivity contribution is 0.625. The number of benzene rings is 1. The minimum atomic E-state index is -0.328. The number of aromatic nitrogens is 4. The molecule has 15 heavy (non-hydrogen) atoms. The molecule has 1 aromatic heterocycles. The van der Waals surface area contributed by atoms with Gasteiger partial charge in [0.1, 0.15) is 5.82 Å². The van der Waals surface area contributed by atoms with Crippen LogP contribution in [0.1, 0.15) is 5.82 Å². The summed E-state index contributed by atoms with van der Waals surface area (Å²) >= 11 is 8.89. The van der Waals surface area contributed by atoms with Gasteiger partial charge >= 0.3 is 0 Å². The van der Waals surface area contributed by atoms with E-state index in [0.29, 0.717) is 16.0 Å². The Morgan fingerprint density at radius 1 is 1.47 bits per heavy atom. The molecule has 0 aliphatic rings. The molecule has 1 heterocycles. The molecule has 4 nitrogen and oxygen atoms in total. The summed E-state index contributed by atoms with van der Waals surface area (Å²) in [5.74, 6) is 0.367. The lowest BCUT2D eigenvalue weighted by atomic mass is 10.3. The van der Waals surface area contributed by atoms with E-state index in [1.807, 2.05) is 0 Å². The van der Waals surface area contributed by atoms with E-state index >= 15 is 0 Å². The van der Waals surface area contributed by atoms with Crippen LogP contribution in [0.3, 0.4) is 0 Å². The molecule has 0 aliphatic heterocycles. The van der Waals surface area contributed by atoms with E-state index in [1.165, 1.54) is 16.8 Å². The van der Waals surface area contributed by atoms with Gasteiger partial charge in [0.2, 0.25) is 0 Å². The summed E-state index contributed by atoms with van der Waals surface area (Å²) in [6, 6.07) is 4.25. The van der Waals surface area contributed by atoms with E-state index in [0.717, 1.165) is 0 Å². The van der Waals surface area contributed by atoms with Gasteiger partial charge in [0.25, 0.3) is 0 Å². The van der Waals surface area contributed by atoms with E-state index in [-0.39, 0.29) is 11.7 Å². The van der Waals surface area contributed by atoms with Gasteiger partial charge < -0.3 is 0 Å². The first-order valence-electron chi connectivity index (χ1n) is 4.01. The van der Waals surface area contributed by atoms with Crippen LogP contribution in [0.15, 0.2) is 22.7 Å². The van der Waals surface area contributed by atoms with Crippen molar-refractivity contribution in [3.8, 4) is 5.69 Å². The quantitative estimate of drug-likeness (QED) is 0.798. The number of tetrazole rings is 1. The van der Waals surface area contributed by atoms with Crippen molar-refractivity contribution in [3.05, 3.63) is 34.3 Å². The molecule has 0 radical (unpaired) electrons. The predicted octanol–water partition coefficient (Wildman–Crippen LogP) is 2.30. The molecule has 0 bridgehead atoms. The zero-order chi connectivity index (χ0) is 10.8. The summed E-state index contributed by atoms with van der Waals surface area (Å²) in [4.78, 5) is 0. The van der Waals surface area contributed by atoms with Gasteiger partial charge in [0.05, 0.1) is 11.6 Å². The van der Waals surface area contributed by atoms with Crippen LogP contribution in [0.2, 0.25) is 0 Å². The van der Waals surface area contributed by atoms with E-state index in [1.54, 1.807) is 6.07 Å². The van der Waals surface area contributed by atoms with Crippen molar-refractivity contribution < 1.29 is 4.39 Å². The van der Waals surface area contributed by atoms with E-state index in [9.17, 15) is 4.39 Å². The fraction of sp³-hybridized carbons (Fsp3) is 0.125. The van der Waals surface area contributed by atoms with Crippen molar-refractivity contribution in [3.63, 3.8) is 0 Å². The summed E-state index contributed by atoms with van der Waals surface area (Å²) in [7, 11) is 0. The van der Waals surface area contributed by atoms with Gasteiger partial charge in [-0.2, -0.15) is 4.68 Å². The molecule has 0 aliphatic carbocycles. The smallest absolute Gasteiger partial charge is 0.171 e. The average molecular weight is 292 g/mol. The Kier molecular flexibility index (Phi) is 2.97. The molecule has 1 aromatic carbocycles. The first-order valence-corrected chi connectivity index (χ1v) is 5.34. The fourth-order valence-corrected chi connectivity index (χ4v) is 1.81. The molecule has 7 heteroatoms. The van der Waals surface area contributed by atoms with Crippen LogP contribution in [0.5, 0.6) is 0 Å². The first kappa shape index (κ1) is 10.5. The number of alkyl halides is 1. The zero-order valence-corrected chi connectivity index (χ0v) is 9.70. The third-order valence-electron chi connectivity index (χ3n) is 1.79. The van der Waals surface area contributed by atoms with Crippen LogP contribution in [0, 0.1) is 5.82 Å². The van der Waals surface area contributed by atoms with Gasteiger partial charge in [-0.3, -0.25) is 0 Å². The molecule has 78 valence electrons. The normalized spacial score (nSPS) is 10.6. The molecular formula is C8H5BrClFN4. The fourth-order valence-electron chi connectivity index (χ4n) is 1.13. The molecule has 2 aromatic rings. The minimum Gasteiger partial charge on any atom is -0.207 e. The zero-order valence-electron chi connectivity index (χ0n) is 7.36. The molecule has 0 saturated carbocycles. The van der Waals surface area contributed by atoms with Crippen molar-refractivity contribution in [2.45, 2.75) is 5.88 Å². The highest BCUT2D eigenvalue weighted by molar-refractivity contribution is 9.10. The summed E-state index contributed by atoms with van der Waals surface area (Å²) < 4.78 is 14.9. The number of hydrogen-bond acceptors (Lipinski definition) is 3. The molecule has 2 rings (SSSR count). The van der Waals surface area contributed by atoms with Gasteiger partial charge in [-0.15, -0.1) is 16.7 Å². The van der Waals surface area contributed by atoms with Crippen molar-refractivity contribution >= 4 is 27.5 Å². The topological polar surface area (TPSA) is 43.6 Å². The van der Waals surface area contributed by atoms with Crippen molar-refractivity contribution in [1.82, 2.24) is 20.2 Å².